The first kappa shape index (κ1) is 19.3. The highest BCUT2D eigenvalue weighted by atomic mass is 19.1. The topological polar surface area (TPSA) is 89.7 Å². The Morgan fingerprint density at radius 2 is 1.85 bits per heavy atom. The van der Waals surface area contributed by atoms with Gasteiger partial charge in [-0.2, -0.15) is 0 Å². The van der Waals surface area contributed by atoms with Crippen LogP contribution in [0.2, 0.25) is 0 Å². The molecule has 0 spiro atoms. The second kappa shape index (κ2) is 8.06. The van der Waals surface area contributed by atoms with E-state index in [4.69, 9.17) is 10.5 Å². The van der Waals surface area contributed by atoms with Gasteiger partial charge in [-0.05, 0) is 38.2 Å². The maximum Gasteiger partial charge on any atom is 0.317 e. The van der Waals surface area contributed by atoms with Crippen molar-refractivity contribution in [3.05, 3.63) is 35.6 Å². The number of hydrogen-bond donors (Lipinski definition) is 1. The number of hydrogen-bond acceptors (Lipinski definition) is 4. The van der Waals surface area contributed by atoms with Crippen molar-refractivity contribution in [2.24, 2.45) is 5.73 Å². The molecule has 1 aromatic rings. The Hall–Kier alpha value is -2.44. The third-order valence-corrected chi connectivity index (χ3v) is 5.72. The van der Waals surface area contributed by atoms with E-state index in [-0.39, 0.29) is 0 Å². The van der Waals surface area contributed by atoms with Crippen LogP contribution in [0.5, 0.6) is 0 Å². The molecule has 0 bridgehead atoms. The molecule has 1 heterocycles. The first-order valence-electron chi connectivity index (χ1n) is 9.47. The molecule has 1 aliphatic carbocycles. The molecule has 6 nitrogen and oxygen atoms in total. The SMILES string of the molecule is NC(=O)[C@@H]1CCCCN1C(=O)COC(=O)C1(c2ccccc2F)CCCC1. The number of piperidine rings is 1. The maximum absolute atomic E-state index is 14.3. The highest BCUT2D eigenvalue weighted by Crippen LogP contribution is 2.43. The standard InChI is InChI=1S/C20H25FN2O4/c21-15-8-2-1-7-14(15)20(10-4-5-11-20)19(26)27-13-17(24)23-12-6-3-9-16(23)18(22)25/h1-2,7-8,16H,3-6,9-13H2,(H2,22,25)/t16-/m0/s1. The van der Waals surface area contributed by atoms with E-state index in [0.29, 0.717) is 31.4 Å². The largest absolute Gasteiger partial charge is 0.455 e. The van der Waals surface area contributed by atoms with E-state index < -0.39 is 41.7 Å². The number of carbonyl (C=O) groups excluding carboxylic acids is 3. The van der Waals surface area contributed by atoms with Gasteiger partial charge in [-0.3, -0.25) is 14.4 Å². The molecule has 2 fully saturated rings. The van der Waals surface area contributed by atoms with Crippen LogP contribution in [0.4, 0.5) is 4.39 Å². The zero-order valence-corrected chi connectivity index (χ0v) is 15.3. The van der Waals surface area contributed by atoms with Gasteiger partial charge in [0.15, 0.2) is 6.61 Å². The molecule has 146 valence electrons. The number of esters is 1. The van der Waals surface area contributed by atoms with Gasteiger partial charge in [-0.25, -0.2) is 4.39 Å². The van der Waals surface area contributed by atoms with E-state index in [1.54, 1.807) is 18.2 Å². The number of amides is 2. The predicted octanol–water partition coefficient (Wildman–Crippen LogP) is 2.05. The third-order valence-electron chi connectivity index (χ3n) is 5.72. The summed E-state index contributed by atoms with van der Waals surface area (Å²) in [6.07, 6.45) is 4.72. The predicted molar refractivity (Wildman–Crippen MR) is 96.1 cm³/mol. The van der Waals surface area contributed by atoms with Crippen molar-refractivity contribution in [3.63, 3.8) is 0 Å². The summed E-state index contributed by atoms with van der Waals surface area (Å²) in [7, 11) is 0. The monoisotopic (exact) mass is 376 g/mol. The minimum absolute atomic E-state index is 0.327. The average molecular weight is 376 g/mol. The highest BCUT2D eigenvalue weighted by molar-refractivity contribution is 5.90. The van der Waals surface area contributed by atoms with Crippen LogP contribution < -0.4 is 5.73 Å². The highest BCUT2D eigenvalue weighted by Gasteiger charge is 2.46. The minimum atomic E-state index is -1.05. The molecule has 27 heavy (non-hydrogen) atoms. The number of nitrogens with zero attached hydrogens (tertiary/aromatic N) is 1. The molecule has 0 radical (unpaired) electrons. The summed E-state index contributed by atoms with van der Waals surface area (Å²) in [6.45, 7) is -0.0404. The maximum atomic E-state index is 14.3. The van der Waals surface area contributed by atoms with Gasteiger partial charge in [-0.15, -0.1) is 0 Å². The van der Waals surface area contributed by atoms with Gasteiger partial charge < -0.3 is 15.4 Å². The fourth-order valence-corrected chi connectivity index (χ4v) is 4.29. The lowest BCUT2D eigenvalue weighted by Crippen LogP contribution is -2.52. The van der Waals surface area contributed by atoms with Gasteiger partial charge in [-0.1, -0.05) is 31.0 Å². The van der Waals surface area contributed by atoms with Crippen LogP contribution in [0.1, 0.15) is 50.5 Å². The van der Waals surface area contributed by atoms with Gasteiger partial charge in [0.25, 0.3) is 5.91 Å². The van der Waals surface area contributed by atoms with E-state index in [1.165, 1.54) is 11.0 Å². The summed E-state index contributed by atoms with van der Waals surface area (Å²) < 4.78 is 19.7. The number of likely N-dealkylation sites (tertiary alicyclic amines) is 1. The third kappa shape index (κ3) is 3.82. The summed E-state index contributed by atoms with van der Waals surface area (Å²) in [5, 5.41) is 0. The summed E-state index contributed by atoms with van der Waals surface area (Å²) in [5.41, 5.74) is 4.66. The van der Waals surface area contributed by atoms with E-state index >= 15 is 0 Å². The second-order valence-corrected chi connectivity index (χ2v) is 7.35. The molecule has 2 amide bonds. The van der Waals surface area contributed by atoms with Crippen molar-refractivity contribution in [1.29, 1.82) is 0 Å². The Morgan fingerprint density at radius 3 is 2.52 bits per heavy atom. The molecule has 1 aromatic carbocycles. The Balaban J connectivity index is 1.71. The van der Waals surface area contributed by atoms with Crippen LogP contribution in [0.25, 0.3) is 0 Å². The van der Waals surface area contributed by atoms with Gasteiger partial charge in [0, 0.05) is 12.1 Å². The van der Waals surface area contributed by atoms with Crippen LogP contribution >= 0.6 is 0 Å². The number of carbonyl (C=O) groups is 3. The van der Waals surface area contributed by atoms with Crippen LogP contribution in [0, 0.1) is 5.82 Å². The molecule has 1 aliphatic heterocycles. The Morgan fingerprint density at radius 1 is 1.15 bits per heavy atom. The molecular formula is C20H25FN2O4. The number of benzene rings is 1. The minimum Gasteiger partial charge on any atom is -0.455 e. The summed E-state index contributed by atoms with van der Waals surface area (Å²) in [6, 6.07) is 5.56. The summed E-state index contributed by atoms with van der Waals surface area (Å²) in [4.78, 5) is 38.3. The zero-order chi connectivity index (χ0) is 19.4. The lowest BCUT2D eigenvalue weighted by molar-refractivity contribution is -0.159. The number of rotatable bonds is 5. The van der Waals surface area contributed by atoms with E-state index in [1.807, 2.05) is 0 Å². The summed E-state index contributed by atoms with van der Waals surface area (Å²) >= 11 is 0. The molecule has 1 saturated heterocycles. The molecule has 7 heteroatoms. The van der Waals surface area contributed by atoms with Gasteiger partial charge >= 0.3 is 5.97 Å². The normalized spacial score (nSPS) is 21.7. The first-order chi connectivity index (χ1) is 13.0. The lowest BCUT2D eigenvalue weighted by atomic mass is 9.78. The molecule has 1 saturated carbocycles. The van der Waals surface area contributed by atoms with Crippen LogP contribution in [0.15, 0.2) is 24.3 Å². The average Bonchev–Trinajstić information content (AvgIpc) is 3.17. The van der Waals surface area contributed by atoms with E-state index in [0.717, 1.165) is 25.7 Å². The second-order valence-electron chi connectivity index (χ2n) is 7.35. The zero-order valence-electron chi connectivity index (χ0n) is 15.3. The number of primary amides is 1. The molecule has 0 unspecified atom stereocenters. The Bertz CT molecular complexity index is 730. The molecule has 2 aliphatic rings. The summed E-state index contributed by atoms with van der Waals surface area (Å²) in [5.74, 6) is -2.00. The van der Waals surface area contributed by atoms with Crippen LogP contribution in [0.3, 0.4) is 0 Å². The fourth-order valence-electron chi connectivity index (χ4n) is 4.29. The van der Waals surface area contributed by atoms with Crippen molar-refractivity contribution in [2.45, 2.75) is 56.4 Å². The number of nitrogens with two attached hydrogens (primary N) is 1. The number of ether oxygens (including phenoxy) is 1. The first-order valence-corrected chi connectivity index (χ1v) is 9.47. The number of halogens is 1. The van der Waals surface area contributed by atoms with Crippen molar-refractivity contribution >= 4 is 17.8 Å². The van der Waals surface area contributed by atoms with Gasteiger partial charge in [0.1, 0.15) is 11.9 Å². The van der Waals surface area contributed by atoms with Gasteiger partial charge in [0.05, 0.1) is 5.41 Å². The van der Waals surface area contributed by atoms with E-state index in [9.17, 15) is 18.8 Å². The Labute approximate surface area is 157 Å². The van der Waals surface area contributed by atoms with Crippen LogP contribution in [-0.4, -0.2) is 41.9 Å². The molecule has 1 atom stereocenters. The van der Waals surface area contributed by atoms with Crippen molar-refractivity contribution < 1.29 is 23.5 Å². The molecular weight excluding hydrogens is 351 g/mol. The Kier molecular flexibility index (Phi) is 5.77. The van der Waals surface area contributed by atoms with Gasteiger partial charge in [0.2, 0.25) is 5.91 Å². The van der Waals surface area contributed by atoms with E-state index in [2.05, 4.69) is 0 Å². The van der Waals surface area contributed by atoms with Crippen molar-refractivity contribution in [1.82, 2.24) is 4.90 Å². The molecule has 2 N–H and O–H groups in total. The smallest absolute Gasteiger partial charge is 0.317 e. The quantitative estimate of drug-likeness (QED) is 0.797. The fraction of sp³-hybridized carbons (Fsp3) is 0.550. The molecule has 0 aromatic heterocycles. The lowest BCUT2D eigenvalue weighted by Gasteiger charge is -2.34. The van der Waals surface area contributed by atoms with Crippen LogP contribution in [-0.2, 0) is 24.5 Å². The van der Waals surface area contributed by atoms with Crippen molar-refractivity contribution in [3.8, 4) is 0 Å². The van der Waals surface area contributed by atoms with Crippen molar-refractivity contribution in [2.75, 3.05) is 13.2 Å². The molecule has 3 rings (SSSR count).